The van der Waals surface area contributed by atoms with Crippen molar-refractivity contribution in [3.8, 4) is 0 Å². The SMILES string of the molecule is CCc1cnc(Cl)nc1N[C@@H](CO)C(C)C. The fourth-order valence-corrected chi connectivity index (χ4v) is 1.50. The molecule has 90 valence electrons. The zero-order chi connectivity index (χ0) is 12.1. The van der Waals surface area contributed by atoms with Crippen LogP contribution in [0.3, 0.4) is 0 Å². The Morgan fingerprint density at radius 2 is 2.19 bits per heavy atom. The Labute approximate surface area is 101 Å². The van der Waals surface area contributed by atoms with Gasteiger partial charge in [-0.1, -0.05) is 20.8 Å². The molecule has 1 rings (SSSR count). The third kappa shape index (κ3) is 3.32. The number of nitrogens with zero attached hydrogens (tertiary/aromatic N) is 2. The Morgan fingerprint density at radius 3 is 2.69 bits per heavy atom. The largest absolute Gasteiger partial charge is 0.394 e. The van der Waals surface area contributed by atoms with Crippen LogP contribution in [-0.2, 0) is 6.42 Å². The molecule has 0 aromatic carbocycles. The van der Waals surface area contributed by atoms with Crippen molar-refractivity contribution < 1.29 is 5.11 Å². The Hall–Kier alpha value is -0.870. The van der Waals surface area contributed by atoms with E-state index in [1.807, 2.05) is 20.8 Å². The molecule has 0 aliphatic heterocycles. The van der Waals surface area contributed by atoms with Gasteiger partial charge in [-0.25, -0.2) is 9.97 Å². The van der Waals surface area contributed by atoms with Gasteiger partial charge in [-0.05, 0) is 23.9 Å². The molecule has 0 saturated carbocycles. The lowest BCUT2D eigenvalue weighted by atomic mass is 10.1. The molecule has 0 fully saturated rings. The van der Waals surface area contributed by atoms with Crippen molar-refractivity contribution in [1.29, 1.82) is 0 Å². The van der Waals surface area contributed by atoms with Crippen molar-refractivity contribution >= 4 is 17.4 Å². The number of rotatable bonds is 5. The summed E-state index contributed by atoms with van der Waals surface area (Å²) in [6.07, 6.45) is 2.54. The van der Waals surface area contributed by atoms with Crippen LogP contribution >= 0.6 is 11.6 Å². The number of hydrogen-bond donors (Lipinski definition) is 2. The molecule has 1 heterocycles. The van der Waals surface area contributed by atoms with E-state index in [-0.39, 0.29) is 17.9 Å². The number of hydrogen-bond acceptors (Lipinski definition) is 4. The maximum atomic E-state index is 9.25. The fraction of sp³-hybridized carbons (Fsp3) is 0.636. The molecule has 0 bridgehead atoms. The molecular formula is C11H18ClN3O. The molecule has 0 aliphatic carbocycles. The number of aliphatic hydroxyl groups is 1. The van der Waals surface area contributed by atoms with Crippen molar-refractivity contribution in [3.05, 3.63) is 17.0 Å². The Balaban J connectivity index is 2.89. The van der Waals surface area contributed by atoms with Crippen LogP contribution in [0, 0.1) is 5.92 Å². The number of aliphatic hydroxyl groups excluding tert-OH is 1. The van der Waals surface area contributed by atoms with E-state index in [4.69, 9.17) is 11.6 Å². The van der Waals surface area contributed by atoms with Gasteiger partial charge in [0.25, 0.3) is 0 Å². The van der Waals surface area contributed by atoms with Crippen molar-refractivity contribution in [2.45, 2.75) is 33.2 Å². The third-order valence-electron chi connectivity index (χ3n) is 2.54. The molecule has 4 nitrogen and oxygen atoms in total. The summed E-state index contributed by atoms with van der Waals surface area (Å²) >= 11 is 5.76. The van der Waals surface area contributed by atoms with Gasteiger partial charge in [-0.3, -0.25) is 0 Å². The highest BCUT2D eigenvalue weighted by Gasteiger charge is 2.14. The van der Waals surface area contributed by atoms with Crippen molar-refractivity contribution in [2.75, 3.05) is 11.9 Å². The van der Waals surface area contributed by atoms with Crippen LogP contribution in [0.2, 0.25) is 5.28 Å². The minimum Gasteiger partial charge on any atom is -0.394 e. The Kier molecular flexibility index (Phi) is 4.96. The molecule has 0 aliphatic rings. The van der Waals surface area contributed by atoms with Gasteiger partial charge in [0.1, 0.15) is 5.82 Å². The summed E-state index contributed by atoms with van der Waals surface area (Å²) in [5, 5.41) is 12.7. The minimum atomic E-state index is -0.0173. The Morgan fingerprint density at radius 1 is 1.50 bits per heavy atom. The highest BCUT2D eigenvalue weighted by atomic mass is 35.5. The van der Waals surface area contributed by atoms with E-state index in [9.17, 15) is 5.11 Å². The molecule has 0 unspecified atom stereocenters. The lowest BCUT2D eigenvalue weighted by Crippen LogP contribution is -2.30. The summed E-state index contributed by atoms with van der Waals surface area (Å²) in [7, 11) is 0. The van der Waals surface area contributed by atoms with E-state index >= 15 is 0 Å². The normalized spacial score (nSPS) is 12.9. The lowest BCUT2D eigenvalue weighted by molar-refractivity contribution is 0.249. The summed E-state index contributed by atoms with van der Waals surface area (Å²) in [4.78, 5) is 8.09. The van der Waals surface area contributed by atoms with Crippen LogP contribution in [0.5, 0.6) is 0 Å². The highest BCUT2D eigenvalue weighted by Crippen LogP contribution is 2.17. The number of halogens is 1. The Bertz CT molecular complexity index is 344. The average Bonchev–Trinajstić information content (AvgIpc) is 2.25. The fourth-order valence-electron chi connectivity index (χ4n) is 1.37. The standard InChI is InChI=1S/C11H18ClN3O/c1-4-8-5-13-11(12)15-10(8)14-9(6-16)7(2)3/h5,7,9,16H,4,6H2,1-3H3,(H,13,14,15)/t9-/m0/s1. The van der Waals surface area contributed by atoms with Crippen molar-refractivity contribution in [2.24, 2.45) is 5.92 Å². The first-order chi connectivity index (χ1) is 7.58. The predicted molar refractivity (Wildman–Crippen MR) is 65.8 cm³/mol. The molecular weight excluding hydrogens is 226 g/mol. The van der Waals surface area contributed by atoms with Gasteiger partial charge in [0.05, 0.1) is 12.6 Å². The monoisotopic (exact) mass is 243 g/mol. The van der Waals surface area contributed by atoms with Gasteiger partial charge >= 0.3 is 0 Å². The molecule has 1 aromatic heterocycles. The topological polar surface area (TPSA) is 58.0 Å². The van der Waals surface area contributed by atoms with Gasteiger partial charge in [0.2, 0.25) is 5.28 Å². The minimum absolute atomic E-state index is 0.0173. The van der Waals surface area contributed by atoms with E-state index in [0.29, 0.717) is 5.92 Å². The van der Waals surface area contributed by atoms with E-state index in [2.05, 4.69) is 15.3 Å². The number of nitrogens with one attached hydrogen (secondary N) is 1. The van der Waals surface area contributed by atoms with E-state index < -0.39 is 0 Å². The third-order valence-corrected chi connectivity index (χ3v) is 2.72. The molecule has 1 atom stereocenters. The van der Waals surface area contributed by atoms with E-state index in [1.54, 1.807) is 6.20 Å². The van der Waals surface area contributed by atoms with E-state index in [1.165, 1.54) is 0 Å². The summed E-state index contributed by atoms with van der Waals surface area (Å²) in [5.74, 6) is 1.04. The molecule has 16 heavy (non-hydrogen) atoms. The van der Waals surface area contributed by atoms with Gasteiger partial charge in [-0.2, -0.15) is 0 Å². The van der Waals surface area contributed by atoms with Crippen LogP contribution in [0.15, 0.2) is 6.20 Å². The number of aromatic nitrogens is 2. The second-order valence-corrected chi connectivity index (χ2v) is 4.38. The maximum Gasteiger partial charge on any atom is 0.224 e. The second kappa shape index (κ2) is 6.01. The molecule has 5 heteroatoms. The van der Waals surface area contributed by atoms with E-state index in [0.717, 1.165) is 17.8 Å². The molecule has 0 spiro atoms. The van der Waals surface area contributed by atoms with Gasteiger partial charge in [0, 0.05) is 11.8 Å². The highest BCUT2D eigenvalue weighted by molar-refractivity contribution is 6.28. The van der Waals surface area contributed by atoms with Crippen LogP contribution < -0.4 is 5.32 Å². The molecule has 0 saturated heterocycles. The molecule has 0 radical (unpaired) electrons. The molecule has 2 N–H and O–H groups in total. The molecule has 1 aromatic rings. The second-order valence-electron chi connectivity index (χ2n) is 4.04. The maximum absolute atomic E-state index is 9.25. The van der Waals surface area contributed by atoms with Crippen LogP contribution in [0.25, 0.3) is 0 Å². The van der Waals surface area contributed by atoms with Gasteiger partial charge in [-0.15, -0.1) is 0 Å². The summed E-state index contributed by atoms with van der Waals surface area (Å²) in [6, 6.07) is -0.0173. The lowest BCUT2D eigenvalue weighted by Gasteiger charge is -2.21. The van der Waals surface area contributed by atoms with Crippen LogP contribution in [0.1, 0.15) is 26.3 Å². The van der Waals surface area contributed by atoms with Gasteiger partial charge < -0.3 is 10.4 Å². The summed E-state index contributed by atoms with van der Waals surface area (Å²) < 4.78 is 0. The molecule has 0 amide bonds. The first kappa shape index (κ1) is 13.2. The van der Waals surface area contributed by atoms with Crippen molar-refractivity contribution in [1.82, 2.24) is 9.97 Å². The van der Waals surface area contributed by atoms with Crippen LogP contribution in [-0.4, -0.2) is 27.7 Å². The summed E-state index contributed by atoms with van der Waals surface area (Å²) in [5.41, 5.74) is 1.00. The van der Waals surface area contributed by atoms with Gasteiger partial charge in [0.15, 0.2) is 0 Å². The quantitative estimate of drug-likeness (QED) is 0.778. The van der Waals surface area contributed by atoms with Crippen LogP contribution in [0.4, 0.5) is 5.82 Å². The number of anilines is 1. The first-order valence-corrected chi connectivity index (χ1v) is 5.85. The zero-order valence-electron chi connectivity index (χ0n) is 9.87. The average molecular weight is 244 g/mol. The smallest absolute Gasteiger partial charge is 0.224 e. The number of aryl methyl sites for hydroxylation is 1. The summed E-state index contributed by atoms with van der Waals surface area (Å²) in [6.45, 7) is 6.19. The van der Waals surface area contributed by atoms with Crippen molar-refractivity contribution in [3.63, 3.8) is 0 Å². The zero-order valence-corrected chi connectivity index (χ0v) is 10.6. The predicted octanol–water partition coefficient (Wildman–Crippen LogP) is 2.12. The first-order valence-electron chi connectivity index (χ1n) is 5.47.